The van der Waals surface area contributed by atoms with Crippen molar-refractivity contribution in [2.75, 3.05) is 0 Å². The van der Waals surface area contributed by atoms with Gasteiger partial charge >= 0.3 is 37.9 Å². The summed E-state index contributed by atoms with van der Waals surface area (Å²) in [6.45, 7) is 4.71. The molecular formula is C33H47Cl2NOZr. The minimum atomic E-state index is -0.826. The molecule has 38 heavy (non-hydrogen) atoms. The molecule has 0 radical (unpaired) electrons. The molecule has 4 rings (SSSR count). The average molecular weight is 636 g/mol. The van der Waals surface area contributed by atoms with Crippen LogP contribution in [0.2, 0.25) is 0 Å². The van der Waals surface area contributed by atoms with Crippen LogP contribution in [0.1, 0.15) is 121 Å². The second-order valence-electron chi connectivity index (χ2n) is 11.5. The molecular weight excluding hydrogens is 588 g/mol. The summed E-state index contributed by atoms with van der Waals surface area (Å²) in [5.41, 5.74) is 4.47. The van der Waals surface area contributed by atoms with Gasteiger partial charge in [0, 0.05) is 11.8 Å². The van der Waals surface area contributed by atoms with E-state index in [4.69, 9.17) is 22.0 Å². The number of aromatic hydroxyl groups is 1. The van der Waals surface area contributed by atoms with Gasteiger partial charge < -0.3 is 5.11 Å². The van der Waals surface area contributed by atoms with Crippen LogP contribution in [0.5, 0.6) is 5.75 Å². The summed E-state index contributed by atoms with van der Waals surface area (Å²) in [5.74, 6) is 2.23. The standard InChI is InChI=1S/C33H47NO.2ClH.Zr/c1-25-16-15-21-32(26(25)2)34-24-30-22-29(27-17-13-10-14-18-27)23-31(33(30)35)28-19-11-8-6-4-3-5-7-9-12-20-28;;;/h10,13-14,17-18,22-26,28,32,35H,3-9,11-12,15-16,19-21H2,1-2H3;2*1H;/q;;;+2/p-2. The van der Waals surface area contributed by atoms with Crippen LogP contribution in [-0.4, -0.2) is 17.4 Å². The van der Waals surface area contributed by atoms with Crippen LogP contribution < -0.4 is 0 Å². The van der Waals surface area contributed by atoms with E-state index in [0.717, 1.165) is 23.5 Å². The molecule has 0 aromatic heterocycles. The number of aliphatic imine (C=N–C) groups is 1. The fourth-order valence-corrected chi connectivity index (χ4v) is 6.30. The maximum absolute atomic E-state index is 11.6. The van der Waals surface area contributed by atoms with E-state index in [1.54, 1.807) is 0 Å². The van der Waals surface area contributed by atoms with Crippen LogP contribution in [0.15, 0.2) is 47.5 Å². The predicted molar refractivity (Wildman–Crippen MR) is 162 cm³/mol. The van der Waals surface area contributed by atoms with Gasteiger partial charge in [-0.2, -0.15) is 0 Å². The molecule has 5 heteroatoms. The van der Waals surface area contributed by atoms with E-state index in [0.29, 0.717) is 23.6 Å². The molecule has 3 atom stereocenters. The van der Waals surface area contributed by atoms with Gasteiger partial charge in [0.2, 0.25) is 0 Å². The molecule has 0 aliphatic heterocycles. The Labute approximate surface area is 250 Å². The van der Waals surface area contributed by atoms with E-state index in [9.17, 15) is 5.11 Å². The van der Waals surface area contributed by atoms with Crippen molar-refractivity contribution in [2.45, 2.75) is 116 Å². The maximum atomic E-state index is 11.6. The van der Waals surface area contributed by atoms with Gasteiger partial charge in [-0.1, -0.05) is 115 Å². The molecule has 0 amide bonds. The number of phenolic OH excluding ortho intramolecular Hbond substituents is 1. The zero-order chi connectivity index (χ0) is 27.2. The summed E-state index contributed by atoms with van der Waals surface area (Å²) < 4.78 is 0. The second kappa shape index (κ2) is 17.9. The van der Waals surface area contributed by atoms with Crippen LogP contribution >= 0.6 is 17.0 Å². The van der Waals surface area contributed by atoms with Gasteiger partial charge in [0.15, 0.2) is 0 Å². The number of halogens is 2. The molecule has 208 valence electrons. The van der Waals surface area contributed by atoms with Crippen LogP contribution in [0, 0.1) is 11.8 Å². The number of benzene rings is 2. The molecule has 2 fully saturated rings. The molecule has 0 heterocycles. The van der Waals surface area contributed by atoms with E-state index in [2.05, 4.69) is 56.3 Å². The van der Waals surface area contributed by atoms with E-state index in [-0.39, 0.29) is 0 Å². The predicted octanol–water partition coefficient (Wildman–Crippen LogP) is 11.1. The summed E-state index contributed by atoms with van der Waals surface area (Å²) in [4.78, 5) is 5.07. The van der Waals surface area contributed by atoms with Gasteiger partial charge in [-0.05, 0) is 65.8 Å². The minimum absolute atomic E-state index is 0.364. The first-order chi connectivity index (χ1) is 18.5. The number of hydrogen-bond acceptors (Lipinski definition) is 2. The molecule has 2 nitrogen and oxygen atoms in total. The molecule has 2 aliphatic carbocycles. The molecule has 2 aromatic carbocycles. The van der Waals surface area contributed by atoms with Crippen molar-refractivity contribution in [3.63, 3.8) is 0 Å². The molecule has 2 saturated carbocycles. The Morgan fingerprint density at radius 2 is 1.34 bits per heavy atom. The second-order valence-corrected chi connectivity index (χ2v) is 15.2. The van der Waals surface area contributed by atoms with Crippen molar-refractivity contribution in [1.82, 2.24) is 0 Å². The normalized spacial score (nSPS) is 24.1. The summed E-state index contributed by atoms with van der Waals surface area (Å²) in [6, 6.07) is 15.5. The summed E-state index contributed by atoms with van der Waals surface area (Å²) in [6.07, 6.45) is 20.2. The molecule has 0 saturated heterocycles. The Morgan fingerprint density at radius 1 is 0.763 bits per heavy atom. The summed E-state index contributed by atoms with van der Waals surface area (Å²) in [5, 5.41) is 11.6. The Kier molecular flexibility index (Phi) is 15.1. The van der Waals surface area contributed by atoms with Gasteiger partial charge in [-0.3, -0.25) is 4.99 Å². The van der Waals surface area contributed by atoms with Crippen LogP contribution in [0.25, 0.3) is 11.1 Å². The topological polar surface area (TPSA) is 32.6 Å². The Morgan fingerprint density at radius 3 is 1.95 bits per heavy atom. The quantitative estimate of drug-likeness (QED) is 0.333. The molecule has 3 unspecified atom stereocenters. The van der Waals surface area contributed by atoms with Crippen LogP contribution in [0.4, 0.5) is 0 Å². The van der Waals surface area contributed by atoms with Crippen molar-refractivity contribution < 1.29 is 26.0 Å². The van der Waals surface area contributed by atoms with Crippen molar-refractivity contribution in [3.8, 4) is 16.9 Å². The first-order valence-electron chi connectivity index (χ1n) is 15.0. The molecule has 0 spiro atoms. The molecule has 0 bridgehead atoms. The Bertz CT molecular complexity index is 955. The van der Waals surface area contributed by atoms with E-state index >= 15 is 0 Å². The summed E-state index contributed by atoms with van der Waals surface area (Å²) >= 11 is -0.826. The molecule has 2 aromatic rings. The fourth-order valence-electron chi connectivity index (χ4n) is 6.30. The van der Waals surface area contributed by atoms with Gasteiger partial charge in [-0.25, -0.2) is 0 Å². The third-order valence-electron chi connectivity index (χ3n) is 8.89. The van der Waals surface area contributed by atoms with Gasteiger partial charge in [0.1, 0.15) is 5.75 Å². The van der Waals surface area contributed by atoms with Crippen LogP contribution in [0.3, 0.4) is 0 Å². The number of hydrogen-bond donors (Lipinski definition) is 1. The number of phenols is 1. The number of nitrogens with zero attached hydrogens (tertiary/aromatic N) is 1. The van der Waals surface area contributed by atoms with Crippen molar-refractivity contribution in [1.29, 1.82) is 0 Å². The van der Waals surface area contributed by atoms with Crippen molar-refractivity contribution >= 4 is 23.2 Å². The summed E-state index contributed by atoms with van der Waals surface area (Å²) in [7, 11) is 9.87. The third kappa shape index (κ3) is 10.1. The monoisotopic (exact) mass is 633 g/mol. The Balaban J connectivity index is 0.00000127. The van der Waals surface area contributed by atoms with Crippen molar-refractivity contribution in [2.24, 2.45) is 16.8 Å². The van der Waals surface area contributed by atoms with Crippen molar-refractivity contribution in [3.05, 3.63) is 53.6 Å². The zero-order valence-electron chi connectivity index (χ0n) is 23.5. The Hall–Kier alpha value is -0.627. The van der Waals surface area contributed by atoms with Gasteiger partial charge in [0.25, 0.3) is 0 Å². The molecule has 2 aliphatic rings. The SMILES string of the molecule is CC1CCCC(N=Cc2cc(-c3ccccc3)cc(C3CCCCCCCCCCC3)c2O)C1C.[Cl][Zr][Cl]. The third-order valence-corrected chi connectivity index (χ3v) is 8.89. The number of rotatable bonds is 4. The van der Waals surface area contributed by atoms with Crippen LogP contribution in [-0.2, 0) is 20.8 Å². The van der Waals surface area contributed by atoms with E-state index in [1.807, 2.05) is 6.21 Å². The van der Waals surface area contributed by atoms with E-state index in [1.165, 1.54) is 94.6 Å². The fraction of sp³-hybridized carbons (Fsp3) is 0.606. The zero-order valence-corrected chi connectivity index (χ0v) is 27.4. The average Bonchev–Trinajstić information content (AvgIpc) is 2.92. The molecule has 1 N–H and O–H groups in total. The van der Waals surface area contributed by atoms with Gasteiger partial charge in [-0.15, -0.1) is 0 Å². The van der Waals surface area contributed by atoms with Gasteiger partial charge in [0.05, 0.1) is 6.04 Å². The first-order valence-corrected chi connectivity index (χ1v) is 21.3. The van der Waals surface area contributed by atoms with E-state index < -0.39 is 20.8 Å². The first kappa shape index (κ1) is 31.9.